The number of alkyl halides is 1. The SMILES string of the molecule is COCCC(C)C(CCl)Cc1ccc(OC)cc1. The molecular formula is C15H23ClO2. The molecule has 0 aliphatic rings. The number of rotatable bonds is 8. The molecule has 3 heteroatoms. The number of ether oxygens (including phenoxy) is 2. The Morgan fingerprint density at radius 2 is 1.83 bits per heavy atom. The minimum Gasteiger partial charge on any atom is -0.497 e. The molecule has 0 spiro atoms. The van der Waals surface area contributed by atoms with E-state index < -0.39 is 0 Å². The second-order valence-corrected chi connectivity index (χ2v) is 5.03. The maximum atomic E-state index is 6.08. The third-order valence-electron chi connectivity index (χ3n) is 3.44. The van der Waals surface area contributed by atoms with Gasteiger partial charge in [-0.05, 0) is 42.4 Å². The van der Waals surface area contributed by atoms with E-state index in [1.807, 2.05) is 12.1 Å². The minimum absolute atomic E-state index is 0.496. The van der Waals surface area contributed by atoms with E-state index in [0.717, 1.165) is 25.2 Å². The number of benzene rings is 1. The maximum Gasteiger partial charge on any atom is 0.118 e. The van der Waals surface area contributed by atoms with Crippen molar-refractivity contribution < 1.29 is 9.47 Å². The van der Waals surface area contributed by atoms with Crippen molar-refractivity contribution in [3.05, 3.63) is 29.8 Å². The van der Waals surface area contributed by atoms with Gasteiger partial charge in [0.15, 0.2) is 0 Å². The number of halogens is 1. The average molecular weight is 271 g/mol. The first-order valence-corrected chi connectivity index (χ1v) is 6.92. The molecule has 102 valence electrons. The summed E-state index contributed by atoms with van der Waals surface area (Å²) in [6.45, 7) is 3.05. The molecule has 0 aromatic heterocycles. The standard InChI is InChI=1S/C15H23ClO2/c1-12(8-9-17-2)14(11-16)10-13-4-6-15(18-3)7-5-13/h4-7,12,14H,8-11H2,1-3H3. The molecule has 0 aliphatic heterocycles. The van der Waals surface area contributed by atoms with Crippen molar-refractivity contribution in [1.82, 2.24) is 0 Å². The van der Waals surface area contributed by atoms with Gasteiger partial charge in [-0.2, -0.15) is 0 Å². The van der Waals surface area contributed by atoms with Gasteiger partial charge in [0.05, 0.1) is 7.11 Å². The molecule has 0 N–H and O–H groups in total. The Kier molecular flexibility index (Phi) is 7.14. The van der Waals surface area contributed by atoms with Crippen LogP contribution in [0, 0.1) is 11.8 Å². The van der Waals surface area contributed by atoms with Crippen molar-refractivity contribution >= 4 is 11.6 Å². The lowest BCUT2D eigenvalue weighted by Gasteiger charge is -2.21. The summed E-state index contributed by atoms with van der Waals surface area (Å²) in [5, 5.41) is 0. The zero-order chi connectivity index (χ0) is 13.4. The second-order valence-electron chi connectivity index (χ2n) is 4.73. The van der Waals surface area contributed by atoms with Crippen LogP contribution in [0.25, 0.3) is 0 Å². The molecular weight excluding hydrogens is 248 g/mol. The van der Waals surface area contributed by atoms with Gasteiger partial charge >= 0.3 is 0 Å². The van der Waals surface area contributed by atoms with E-state index in [1.54, 1.807) is 14.2 Å². The fourth-order valence-electron chi connectivity index (χ4n) is 2.01. The summed E-state index contributed by atoms with van der Waals surface area (Å²) in [5.41, 5.74) is 1.31. The molecule has 2 atom stereocenters. The van der Waals surface area contributed by atoms with Crippen LogP contribution in [0.1, 0.15) is 18.9 Å². The Hall–Kier alpha value is -0.730. The lowest BCUT2D eigenvalue weighted by Crippen LogP contribution is -2.18. The highest BCUT2D eigenvalue weighted by Crippen LogP contribution is 2.23. The topological polar surface area (TPSA) is 18.5 Å². The van der Waals surface area contributed by atoms with Gasteiger partial charge in [-0.3, -0.25) is 0 Å². The molecule has 0 saturated carbocycles. The Morgan fingerprint density at radius 1 is 1.17 bits per heavy atom. The molecule has 0 bridgehead atoms. The molecule has 0 heterocycles. The van der Waals surface area contributed by atoms with E-state index in [1.165, 1.54) is 5.56 Å². The quantitative estimate of drug-likeness (QED) is 0.670. The van der Waals surface area contributed by atoms with Crippen molar-refractivity contribution in [1.29, 1.82) is 0 Å². The molecule has 0 radical (unpaired) electrons. The zero-order valence-corrected chi connectivity index (χ0v) is 12.2. The average Bonchev–Trinajstić information content (AvgIpc) is 2.42. The van der Waals surface area contributed by atoms with Crippen LogP contribution in [-0.2, 0) is 11.2 Å². The first-order valence-electron chi connectivity index (χ1n) is 6.39. The first kappa shape index (κ1) is 15.3. The Balaban J connectivity index is 2.55. The molecule has 0 fully saturated rings. The fourth-order valence-corrected chi connectivity index (χ4v) is 2.42. The highest BCUT2D eigenvalue weighted by atomic mass is 35.5. The zero-order valence-electron chi connectivity index (χ0n) is 11.5. The predicted molar refractivity (Wildman–Crippen MR) is 76.6 cm³/mol. The van der Waals surface area contributed by atoms with E-state index in [0.29, 0.717) is 17.7 Å². The first-order chi connectivity index (χ1) is 8.71. The number of hydrogen-bond donors (Lipinski definition) is 0. The molecule has 18 heavy (non-hydrogen) atoms. The van der Waals surface area contributed by atoms with E-state index >= 15 is 0 Å². The summed E-state index contributed by atoms with van der Waals surface area (Å²) in [7, 11) is 3.43. The highest BCUT2D eigenvalue weighted by molar-refractivity contribution is 6.18. The van der Waals surface area contributed by atoms with Crippen LogP contribution in [0.15, 0.2) is 24.3 Å². The lowest BCUT2D eigenvalue weighted by atomic mass is 9.87. The van der Waals surface area contributed by atoms with Crippen LogP contribution >= 0.6 is 11.6 Å². The maximum absolute atomic E-state index is 6.08. The molecule has 0 aliphatic carbocycles. The fraction of sp³-hybridized carbons (Fsp3) is 0.600. The third kappa shape index (κ3) is 4.87. The van der Waals surface area contributed by atoms with E-state index in [2.05, 4.69) is 19.1 Å². The van der Waals surface area contributed by atoms with Crippen LogP contribution in [0.5, 0.6) is 5.75 Å². The molecule has 1 aromatic carbocycles. The lowest BCUT2D eigenvalue weighted by molar-refractivity contribution is 0.168. The van der Waals surface area contributed by atoms with Crippen molar-refractivity contribution in [3.8, 4) is 5.75 Å². The Bertz CT molecular complexity index is 324. The normalized spacial score (nSPS) is 14.2. The summed E-state index contributed by atoms with van der Waals surface area (Å²) < 4.78 is 10.3. The molecule has 0 amide bonds. The van der Waals surface area contributed by atoms with Crippen LogP contribution in [-0.4, -0.2) is 26.7 Å². The van der Waals surface area contributed by atoms with Crippen LogP contribution in [0.3, 0.4) is 0 Å². The monoisotopic (exact) mass is 270 g/mol. The summed E-state index contributed by atoms with van der Waals surface area (Å²) in [6.07, 6.45) is 2.07. The van der Waals surface area contributed by atoms with E-state index in [9.17, 15) is 0 Å². The minimum atomic E-state index is 0.496. The molecule has 1 rings (SSSR count). The van der Waals surface area contributed by atoms with Crippen molar-refractivity contribution in [3.63, 3.8) is 0 Å². The van der Waals surface area contributed by atoms with Crippen molar-refractivity contribution in [2.45, 2.75) is 19.8 Å². The third-order valence-corrected chi connectivity index (χ3v) is 3.83. The molecule has 2 unspecified atom stereocenters. The summed E-state index contributed by atoms with van der Waals surface area (Å²) in [6, 6.07) is 8.23. The van der Waals surface area contributed by atoms with Gasteiger partial charge < -0.3 is 9.47 Å². The van der Waals surface area contributed by atoms with Gasteiger partial charge in [0.25, 0.3) is 0 Å². The van der Waals surface area contributed by atoms with Crippen molar-refractivity contribution in [2.75, 3.05) is 26.7 Å². The van der Waals surface area contributed by atoms with Gasteiger partial charge in [-0.1, -0.05) is 19.1 Å². The summed E-state index contributed by atoms with van der Waals surface area (Å²) >= 11 is 6.08. The van der Waals surface area contributed by atoms with E-state index in [-0.39, 0.29) is 0 Å². The van der Waals surface area contributed by atoms with Gasteiger partial charge in [0.1, 0.15) is 5.75 Å². The molecule has 0 saturated heterocycles. The highest BCUT2D eigenvalue weighted by Gasteiger charge is 2.16. The second kappa shape index (κ2) is 8.39. The largest absolute Gasteiger partial charge is 0.497 e. The van der Waals surface area contributed by atoms with Crippen LogP contribution in [0.2, 0.25) is 0 Å². The Labute approximate surface area is 115 Å². The van der Waals surface area contributed by atoms with Crippen LogP contribution in [0.4, 0.5) is 0 Å². The number of methoxy groups -OCH3 is 2. The van der Waals surface area contributed by atoms with Gasteiger partial charge in [-0.15, -0.1) is 11.6 Å². The predicted octanol–water partition coefficient (Wildman–Crippen LogP) is 3.77. The van der Waals surface area contributed by atoms with Crippen LogP contribution < -0.4 is 4.74 Å². The smallest absolute Gasteiger partial charge is 0.118 e. The summed E-state index contributed by atoms with van der Waals surface area (Å²) in [5.74, 6) is 2.66. The molecule has 2 nitrogen and oxygen atoms in total. The van der Waals surface area contributed by atoms with Gasteiger partial charge in [0, 0.05) is 19.6 Å². The number of hydrogen-bond acceptors (Lipinski definition) is 2. The van der Waals surface area contributed by atoms with E-state index in [4.69, 9.17) is 21.1 Å². The van der Waals surface area contributed by atoms with Gasteiger partial charge in [-0.25, -0.2) is 0 Å². The Morgan fingerprint density at radius 3 is 2.33 bits per heavy atom. The summed E-state index contributed by atoms with van der Waals surface area (Å²) in [4.78, 5) is 0. The van der Waals surface area contributed by atoms with Gasteiger partial charge in [0.2, 0.25) is 0 Å². The molecule has 1 aromatic rings. The van der Waals surface area contributed by atoms with Crippen molar-refractivity contribution in [2.24, 2.45) is 11.8 Å².